The molecule has 2 fully saturated rings. The Balaban J connectivity index is 1.26. The molecule has 0 spiro atoms. The molecule has 1 aliphatic heterocycles. The number of urea groups is 1. The van der Waals surface area contributed by atoms with Gasteiger partial charge in [-0.05, 0) is 83.7 Å². The maximum atomic E-state index is 12.9. The van der Waals surface area contributed by atoms with Crippen LogP contribution in [0.15, 0.2) is 41.3 Å². The maximum Gasteiger partial charge on any atom is 0.408 e. The number of rotatable bonds is 9. The van der Waals surface area contributed by atoms with Crippen molar-refractivity contribution in [2.75, 3.05) is 38.0 Å². The average Bonchev–Trinajstić information content (AvgIpc) is 3.03. The molecule has 1 aromatic carbocycles. The topological polar surface area (TPSA) is 178 Å². The molecule has 1 saturated heterocycles. The first-order chi connectivity index (χ1) is 22.7. The minimum atomic E-state index is -0.969. The number of amides is 5. The van der Waals surface area contributed by atoms with Gasteiger partial charge >= 0.3 is 23.9 Å². The van der Waals surface area contributed by atoms with Gasteiger partial charge in [-0.15, -0.1) is 0 Å². The molecule has 0 bridgehead atoms. The van der Waals surface area contributed by atoms with Gasteiger partial charge in [0.15, 0.2) is 0 Å². The maximum absolute atomic E-state index is 12.9. The number of hydrogen-bond donors (Lipinski definition) is 4. The van der Waals surface area contributed by atoms with Crippen LogP contribution in [0.4, 0.5) is 20.2 Å². The van der Waals surface area contributed by atoms with E-state index >= 15 is 0 Å². The molecule has 15 heteroatoms. The van der Waals surface area contributed by atoms with Crippen LogP contribution in [0.3, 0.4) is 0 Å². The van der Waals surface area contributed by atoms with Crippen LogP contribution in [-0.2, 0) is 16.1 Å². The fraction of sp³-hybridized carbons (Fsp3) is 0.576. The average molecular weight is 669 g/mol. The number of aromatic nitrogens is 2. The van der Waals surface area contributed by atoms with Gasteiger partial charge in [-0.3, -0.25) is 19.6 Å². The van der Waals surface area contributed by atoms with Crippen molar-refractivity contribution in [2.45, 2.75) is 90.6 Å². The fourth-order valence-electron chi connectivity index (χ4n) is 6.06. The molecule has 262 valence electrons. The molecule has 4 rings (SSSR count). The zero-order valence-electron chi connectivity index (χ0n) is 28.4. The van der Waals surface area contributed by atoms with Crippen LogP contribution >= 0.6 is 0 Å². The van der Waals surface area contributed by atoms with E-state index in [-0.39, 0.29) is 30.9 Å². The first kappa shape index (κ1) is 36.2. The Hall–Kier alpha value is -4.66. The number of carbonyl (C=O) groups is 4. The highest BCUT2D eigenvalue weighted by Gasteiger charge is 2.29. The summed E-state index contributed by atoms with van der Waals surface area (Å²) in [5.41, 5.74) is 0.534. The molecular formula is C33H48N8O7. The van der Waals surface area contributed by atoms with Crippen molar-refractivity contribution in [3.8, 4) is 5.69 Å². The second-order valence-electron chi connectivity index (χ2n) is 13.3. The number of nitrogens with zero attached hydrogens (tertiary/aromatic N) is 5. The minimum Gasteiger partial charge on any atom is -0.465 e. The zero-order chi connectivity index (χ0) is 35.0. The van der Waals surface area contributed by atoms with Crippen LogP contribution in [-0.4, -0.2) is 110 Å². The summed E-state index contributed by atoms with van der Waals surface area (Å²) in [6.07, 6.45) is 3.45. The largest absolute Gasteiger partial charge is 0.465 e. The third-order valence-corrected chi connectivity index (χ3v) is 8.57. The van der Waals surface area contributed by atoms with Crippen LogP contribution < -0.4 is 21.6 Å². The number of ether oxygens (including phenoxy) is 1. The van der Waals surface area contributed by atoms with Gasteiger partial charge in [-0.25, -0.2) is 19.2 Å². The van der Waals surface area contributed by atoms with E-state index in [0.29, 0.717) is 24.8 Å². The highest BCUT2D eigenvalue weighted by atomic mass is 16.6. The van der Waals surface area contributed by atoms with Crippen molar-refractivity contribution >= 4 is 29.9 Å². The van der Waals surface area contributed by atoms with Gasteiger partial charge in [0.1, 0.15) is 17.5 Å². The number of piperazine rings is 1. The zero-order valence-corrected chi connectivity index (χ0v) is 28.4. The number of hydrogen-bond acceptors (Lipinski definition) is 8. The third-order valence-electron chi connectivity index (χ3n) is 8.57. The molecule has 0 radical (unpaired) electrons. The number of carboxylic acid groups (broad SMARTS) is 1. The van der Waals surface area contributed by atoms with Crippen molar-refractivity contribution in [1.82, 2.24) is 34.9 Å². The van der Waals surface area contributed by atoms with Crippen LogP contribution in [0.5, 0.6) is 0 Å². The summed E-state index contributed by atoms with van der Waals surface area (Å²) in [6.45, 7) is 11.7. The lowest BCUT2D eigenvalue weighted by molar-refractivity contribution is -0.134. The summed E-state index contributed by atoms with van der Waals surface area (Å²) < 4.78 is 6.62. The Bertz CT molecular complexity index is 1490. The molecule has 48 heavy (non-hydrogen) atoms. The molecule has 4 N–H and O–H groups in total. The molecule has 5 amide bonds. The van der Waals surface area contributed by atoms with E-state index in [9.17, 15) is 24.0 Å². The number of carbonyl (C=O) groups excluding carboxylic acids is 3. The molecule has 1 unspecified atom stereocenters. The molecular weight excluding hydrogens is 620 g/mol. The number of anilines is 1. The Labute approximate surface area is 280 Å². The normalized spacial score (nSPS) is 19.0. The fourth-order valence-corrected chi connectivity index (χ4v) is 6.06. The standard InChI is InChI=1S/C33H48N8O7/c1-6-38(25-13-9-24(10-14-25)35-31(45)46)21-23-7-11-26(12-8-23)41-16-15-27(37-30(41)44)36-29(43)40-19-17-39(18-20-40)28(42)22(2)34-32(47)48-33(3,4)5/h7-8,11-12,15-16,22,24-25,35H,6,9-10,13-14,17-21H2,1-5H3,(H,34,47)(H,45,46)(H,36,37,43,44). The van der Waals surface area contributed by atoms with Crippen LogP contribution in [0.2, 0.25) is 0 Å². The predicted molar refractivity (Wildman–Crippen MR) is 179 cm³/mol. The van der Waals surface area contributed by atoms with Gasteiger partial charge in [0.25, 0.3) is 0 Å². The lowest BCUT2D eigenvalue weighted by atomic mass is 9.90. The minimum absolute atomic E-state index is 0.0163. The smallest absolute Gasteiger partial charge is 0.408 e. The van der Waals surface area contributed by atoms with Crippen molar-refractivity contribution in [3.63, 3.8) is 0 Å². The Morgan fingerprint density at radius 1 is 1.00 bits per heavy atom. The molecule has 1 aliphatic carbocycles. The van der Waals surface area contributed by atoms with Gasteiger partial charge in [0.2, 0.25) is 5.91 Å². The molecule has 2 aliphatic rings. The van der Waals surface area contributed by atoms with Crippen molar-refractivity contribution < 1.29 is 29.0 Å². The monoisotopic (exact) mass is 668 g/mol. The SMILES string of the molecule is CCN(Cc1ccc(-n2ccc(NC(=O)N3CCN(C(=O)C(C)NC(=O)OC(C)(C)C)CC3)nc2=O)cc1)C1CCC(NC(=O)O)CC1. The summed E-state index contributed by atoms with van der Waals surface area (Å²) >= 11 is 0. The van der Waals surface area contributed by atoms with Crippen molar-refractivity contribution in [2.24, 2.45) is 0 Å². The number of nitrogens with one attached hydrogen (secondary N) is 3. The first-order valence-corrected chi connectivity index (χ1v) is 16.5. The van der Waals surface area contributed by atoms with E-state index in [1.807, 2.05) is 24.3 Å². The van der Waals surface area contributed by atoms with E-state index in [4.69, 9.17) is 9.84 Å². The lowest BCUT2D eigenvalue weighted by Gasteiger charge is -2.36. The number of benzene rings is 1. The Morgan fingerprint density at radius 2 is 1.62 bits per heavy atom. The second-order valence-corrected chi connectivity index (χ2v) is 13.3. The Morgan fingerprint density at radius 3 is 2.19 bits per heavy atom. The number of alkyl carbamates (subject to hydrolysis) is 1. The van der Waals surface area contributed by atoms with Crippen LogP contribution in [0.25, 0.3) is 5.69 Å². The van der Waals surface area contributed by atoms with Gasteiger partial charge < -0.3 is 30.3 Å². The van der Waals surface area contributed by atoms with E-state index < -0.39 is 35.6 Å². The molecule has 2 aromatic rings. The summed E-state index contributed by atoms with van der Waals surface area (Å²) in [6, 6.07) is 8.45. The van der Waals surface area contributed by atoms with Gasteiger partial charge in [0.05, 0.1) is 5.69 Å². The van der Waals surface area contributed by atoms with Crippen molar-refractivity contribution in [3.05, 3.63) is 52.6 Å². The highest BCUT2D eigenvalue weighted by molar-refractivity contribution is 5.89. The molecule has 15 nitrogen and oxygen atoms in total. The summed E-state index contributed by atoms with van der Waals surface area (Å²) in [7, 11) is 0. The molecule has 1 atom stereocenters. The molecule has 1 saturated carbocycles. The van der Waals surface area contributed by atoms with E-state index in [1.165, 1.54) is 4.57 Å². The molecule has 2 heterocycles. The van der Waals surface area contributed by atoms with Crippen LogP contribution in [0, 0.1) is 0 Å². The Kier molecular flexibility index (Phi) is 12.0. The van der Waals surface area contributed by atoms with Gasteiger partial charge in [0, 0.05) is 51.0 Å². The summed E-state index contributed by atoms with van der Waals surface area (Å²) in [5.74, 6) is -0.144. The summed E-state index contributed by atoms with van der Waals surface area (Å²) in [4.78, 5) is 71.2. The second kappa shape index (κ2) is 16.0. The quantitative estimate of drug-likeness (QED) is 0.312. The third kappa shape index (κ3) is 10.2. The van der Waals surface area contributed by atoms with E-state index in [1.54, 1.807) is 49.8 Å². The first-order valence-electron chi connectivity index (χ1n) is 16.5. The van der Waals surface area contributed by atoms with Gasteiger partial charge in [-0.1, -0.05) is 19.1 Å². The van der Waals surface area contributed by atoms with Crippen LogP contribution in [0.1, 0.15) is 65.9 Å². The van der Waals surface area contributed by atoms with Crippen molar-refractivity contribution in [1.29, 1.82) is 0 Å². The predicted octanol–water partition coefficient (Wildman–Crippen LogP) is 3.22. The highest BCUT2D eigenvalue weighted by Crippen LogP contribution is 2.25. The van der Waals surface area contributed by atoms with Gasteiger partial charge in [-0.2, -0.15) is 4.98 Å². The summed E-state index contributed by atoms with van der Waals surface area (Å²) in [5, 5.41) is 16.8. The lowest BCUT2D eigenvalue weighted by Crippen LogP contribution is -2.56. The van der Waals surface area contributed by atoms with E-state index in [2.05, 4.69) is 32.8 Å². The molecule has 1 aromatic heterocycles. The van der Waals surface area contributed by atoms with E-state index in [0.717, 1.165) is 44.3 Å².